The molecular weight excluding hydrogens is 330 g/mol. The molecule has 2 aromatic rings. The molecule has 0 fully saturated rings. The summed E-state index contributed by atoms with van der Waals surface area (Å²) in [6.07, 6.45) is 0. The third-order valence-corrected chi connectivity index (χ3v) is 3.47. The van der Waals surface area contributed by atoms with Gasteiger partial charge in [0.2, 0.25) is 0 Å². The molecule has 0 atom stereocenters. The molecule has 106 valence electrons. The van der Waals surface area contributed by atoms with Crippen LogP contribution in [0, 0.1) is 18.6 Å². The van der Waals surface area contributed by atoms with Crippen LogP contribution in [0.1, 0.15) is 5.56 Å². The highest BCUT2D eigenvalue weighted by Gasteiger charge is 2.11. The molecule has 0 unspecified atom stereocenters. The van der Waals surface area contributed by atoms with E-state index in [-0.39, 0.29) is 11.4 Å². The number of halogens is 3. The van der Waals surface area contributed by atoms with Crippen LogP contribution in [0.25, 0.3) is 0 Å². The first kappa shape index (κ1) is 14.6. The van der Waals surface area contributed by atoms with E-state index in [4.69, 9.17) is 10.5 Å². The van der Waals surface area contributed by atoms with Crippen molar-refractivity contribution in [2.45, 2.75) is 6.92 Å². The van der Waals surface area contributed by atoms with E-state index in [2.05, 4.69) is 21.2 Å². The SMILES string of the molecule is COc1cc(Nc2cc(F)c(Br)cc2C)c(N)cc1F. The number of nitrogens with one attached hydrogen (secondary N) is 1. The Morgan fingerprint density at radius 1 is 1.10 bits per heavy atom. The molecule has 0 bridgehead atoms. The Hall–Kier alpha value is -1.82. The Kier molecular flexibility index (Phi) is 4.13. The zero-order valence-corrected chi connectivity index (χ0v) is 12.5. The van der Waals surface area contributed by atoms with Crippen molar-refractivity contribution in [3.63, 3.8) is 0 Å². The fraction of sp³-hybridized carbons (Fsp3) is 0.143. The van der Waals surface area contributed by atoms with E-state index in [0.717, 1.165) is 11.6 Å². The summed E-state index contributed by atoms with van der Waals surface area (Å²) in [5.74, 6) is -0.878. The fourth-order valence-electron chi connectivity index (χ4n) is 1.76. The van der Waals surface area contributed by atoms with Crippen molar-refractivity contribution in [2.75, 3.05) is 18.2 Å². The second-order valence-corrected chi connectivity index (χ2v) is 5.13. The van der Waals surface area contributed by atoms with Crippen molar-refractivity contribution in [2.24, 2.45) is 0 Å². The number of hydrogen-bond donors (Lipinski definition) is 2. The van der Waals surface area contributed by atoms with Crippen LogP contribution in [0.3, 0.4) is 0 Å². The Morgan fingerprint density at radius 3 is 2.45 bits per heavy atom. The summed E-state index contributed by atoms with van der Waals surface area (Å²) in [4.78, 5) is 0. The molecule has 6 heteroatoms. The maximum absolute atomic E-state index is 13.6. The lowest BCUT2D eigenvalue weighted by molar-refractivity contribution is 0.387. The van der Waals surface area contributed by atoms with Gasteiger partial charge in [0.1, 0.15) is 5.82 Å². The van der Waals surface area contributed by atoms with Crippen LogP contribution >= 0.6 is 15.9 Å². The molecule has 0 aliphatic rings. The summed E-state index contributed by atoms with van der Waals surface area (Å²) in [5.41, 5.74) is 7.78. The number of hydrogen-bond acceptors (Lipinski definition) is 3. The van der Waals surface area contributed by atoms with Gasteiger partial charge >= 0.3 is 0 Å². The summed E-state index contributed by atoms with van der Waals surface area (Å²) >= 11 is 3.12. The molecule has 0 heterocycles. The van der Waals surface area contributed by atoms with Gasteiger partial charge in [-0.15, -0.1) is 0 Å². The molecule has 0 aliphatic heterocycles. The van der Waals surface area contributed by atoms with Crippen LogP contribution in [-0.2, 0) is 0 Å². The Labute approximate surface area is 123 Å². The molecule has 3 N–H and O–H groups in total. The zero-order chi connectivity index (χ0) is 14.9. The molecule has 0 aromatic heterocycles. The van der Waals surface area contributed by atoms with Crippen LogP contribution in [0.2, 0.25) is 0 Å². The van der Waals surface area contributed by atoms with Crippen molar-refractivity contribution in [1.29, 1.82) is 0 Å². The van der Waals surface area contributed by atoms with Gasteiger partial charge in [0.05, 0.1) is 23.0 Å². The van der Waals surface area contributed by atoms with Crippen LogP contribution in [0.15, 0.2) is 28.7 Å². The van der Waals surface area contributed by atoms with Gasteiger partial charge in [-0.1, -0.05) is 0 Å². The number of nitrogens with two attached hydrogens (primary N) is 1. The molecule has 2 aromatic carbocycles. The van der Waals surface area contributed by atoms with Gasteiger partial charge in [-0.25, -0.2) is 8.78 Å². The van der Waals surface area contributed by atoms with Crippen molar-refractivity contribution in [3.8, 4) is 5.75 Å². The second-order valence-electron chi connectivity index (χ2n) is 4.28. The average molecular weight is 343 g/mol. The van der Waals surface area contributed by atoms with E-state index >= 15 is 0 Å². The topological polar surface area (TPSA) is 47.3 Å². The minimum Gasteiger partial charge on any atom is -0.494 e. The van der Waals surface area contributed by atoms with Gasteiger partial charge < -0.3 is 15.8 Å². The number of rotatable bonds is 3. The van der Waals surface area contributed by atoms with Gasteiger partial charge in [-0.05, 0) is 40.5 Å². The van der Waals surface area contributed by atoms with E-state index in [9.17, 15) is 8.78 Å². The third kappa shape index (κ3) is 2.85. The van der Waals surface area contributed by atoms with Gasteiger partial charge in [-0.3, -0.25) is 0 Å². The number of aryl methyl sites for hydroxylation is 1. The molecule has 0 saturated heterocycles. The molecule has 2 rings (SSSR count). The van der Waals surface area contributed by atoms with E-state index in [1.165, 1.54) is 19.2 Å². The molecule has 0 radical (unpaired) electrons. The molecule has 0 aliphatic carbocycles. The van der Waals surface area contributed by atoms with E-state index in [1.54, 1.807) is 6.07 Å². The van der Waals surface area contributed by atoms with E-state index < -0.39 is 11.6 Å². The average Bonchev–Trinajstić information content (AvgIpc) is 2.38. The zero-order valence-electron chi connectivity index (χ0n) is 10.9. The highest BCUT2D eigenvalue weighted by Crippen LogP contribution is 2.32. The van der Waals surface area contributed by atoms with Crippen LogP contribution in [0.5, 0.6) is 5.75 Å². The maximum atomic E-state index is 13.6. The van der Waals surface area contributed by atoms with Crippen molar-refractivity contribution in [1.82, 2.24) is 0 Å². The number of anilines is 3. The van der Waals surface area contributed by atoms with Gasteiger partial charge in [0.15, 0.2) is 11.6 Å². The van der Waals surface area contributed by atoms with Crippen LogP contribution in [0.4, 0.5) is 25.8 Å². The molecule has 0 amide bonds. The smallest absolute Gasteiger partial charge is 0.167 e. The van der Waals surface area contributed by atoms with Crippen LogP contribution in [-0.4, -0.2) is 7.11 Å². The highest BCUT2D eigenvalue weighted by atomic mass is 79.9. The normalized spacial score (nSPS) is 10.4. The summed E-state index contributed by atoms with van der Waals surface area (Å²) in [7, 11) is 1.36. The molecule has 3 nitrogen and oxygen atoms in total. The van der Waals surface area contributed by atoms with Gasteiger partial charge in [0, 0.05) is 17.8 Å². The standard InChI is InChI=1S/C14H13BrF2N2O/c1-7-3-8(15)9(16)5-12(7)19-13-6-14(20-2)10(17)4-11(13)18/h3-6,19H,18H2,1-2H3. The van der Waals surface area contributed by atoms with E-state index in [1.807, 2.05) is 6.92 Å². The first-order valence-corrected chi connectivity index (χ1v) is 6.57. The minimum atomic E-state index is -0.547. The quantitative estimate of drug-likeness (QED) is 0.814. The number of nitrogen functional groups attached to an aromatic ring is 1. The Bertz CT molecular complexity index is 662. The number of methoxy groups -OCH3 is 1. The Balaban J connectivity index is 2.42. The largest absolute Gasteiger partial charge is 0.494 e. The summed E-state index contributed by atoms with van der Waals surface area (Å²) in [5, 5.41) is 2.98. The maximum Gasteiger partial charge on any atom is 0.167 e. The second kappa shape index (κ2) is 5.66. The molecule has 0 spiro atoms. The lowest BCUT2D eigenvalue weighted by atomic mass is 10.1. The molecule has 20 heavy (non-hydrogen) atoms. The fourth-order valence-corrected chi connectivity index (χ4v) is 2.22. The summed E-state index contributed by atoms with van der Waals surface area (Å²) in [6.45, 7) is 1.82. The van der Waals surface area contributed by atoms with Crippen molar-refractivity contribution in [3.05, 3.63) is 45.9 Å². The van der Waals surface area contributed by atoms with E-state index in [0.29, 0.717) is 15.8 Å². The summed E-state index contributed by atoms with van der Waals surface area (Å²) < 4.78 is 32.3. The van der Waals surface area contributed by atoms with Gasteiger partial charge in [0.25, 0.3) is 0 Å². The lowest BCUT2D eigenvalue weighted by Crippen LogP contribution is -2.01. The molecular formula is C14H13BrF2N2O. The predicted octanol–water partition coefficient (Wildman–Crippen LogP) is 4.37. The number of benzene rings is 2. The first-order chi connectivity index (χ1) is 9.42. The number of ether oxygens (including phenoxy) is 1. The molecule has 0 saturated carbocycles. The lowest BCUT2D eigenvalue weighted by Gasteiger charge is -2.14. The summed E-state index contributed by atoms with van der Waals surface area (Å²) in [6, 6.07) is 5.58. The third-order valence-electron chi connectivity index (χ3n) is 2.86. The predicted molar refractivity (Wildman–Crippen MR) is 79.5 cm³/mol. The van der Waals surface area contributed by atoms with Crippen molar-refractivity contribution >= 4 is 33.0 Å². The monoisotopic (exact) mass is 342 g/mol. The van der Waals surface area contributed by atoms with Crippen molar-refractivity contribution < 1.29 is 13.5 Å². The van der Waals surface area contributed by atoms with Gasteiger partial charge in [-0.2, -0.15) is 0 Å². The first-order valence-electron chi connectivity index (χ1n) is 5.78. The van der Waals surface area contributed by atoms with Crippen LogP contribution < -0.4 is 15.8 Å². The highest BCUT2D eigenvalue weighted by molar-refractivity contribution is 9.10. The Morgan fingerprint density at radius 2 is 1.80 bits per heavy atom. The minimum absolute atomic E-state index is 0.0666.